The summed E-state index contributed by atoms with van der Waals surface area (Å²) in [6.45, 7) is 2.29. The monoisotopic (exact) mass is 398 g/mol. The zero-order chi connectivity index (χ0) is 20.1. The van der Waals surface area contributed by atoms with E-state index in [2.05, 4.69) is 30.7 Å². The van der Waals surface area contributed by atoms with Gasteiger partial charge in [0.05, 0.1) is 6.20 Å². The van der Waals surface area contributed by atoms with Gasteiger partial charge in [0.1, 0.15) is 5.69 Å². The normalized spacial score (nSPS) is 21.9. The average molecular weight is 399 g/mol. The van der Waals surface area contributed by atoms with Crippen LogP contribution in [0.5, 0.6) is 0 Å². The Bertz CT molecular complexity index is 784. The molecule has 29 heavy (non-hydrogen) atoms. The first-order chi connectivity index (χ1) is 14.2. The summed E-state index contributed by atoms with van der Waals surface area (Å²) in [4.78, 5) is 30.1. The molecule has 1 aliphatic heterocycles. The van der Waals surface area contributed by atoms with Crippen molar-refractivity contribution in [2.75, 3.05) is 19.6 Å². The summed E-state index contributed by atoms with van der Waals surface area (Å²) in [7, 11) is 0. The van der Waals surface area contributed by atoms with E-state index in [0.29, 0.717) is 31.2 Å². The van der Waals surface area contributed by atoms with Crippen molar-refractivity contribution in [3.05, 3.63) is 42.0 Å². The fourth-order valence-corrected chi connectivity index (χ4v) is 4.17. The van der Waals surface area contributed by atoms with Gasteiger partial charge in [0.15, 0.2) is 0 Å². The number of carbonyl (C=O) groups excluding carboxylic acids is 2. The molecule has 8 heteroatoms. The minimum atomic E-state index is -0.0678. The standard InChI is InChI=1S/C21H30N6O2/c28-20(23-9-7-16-11-25-26-12-16)10-17-5-6-18(27(17)14-15-3-4-15)13-24-21(29)19-2-1-8-22-19/h1-2,8,11-12,15,17-18,22H,3-7,9-10,13-14H2,(H,23,28)(H,24,29)(H,25,26)/t17-,18+/m1/s1. The fourth-order valence-electron chi connectivity index (χ4n) is 4.17. The lowest BCUT2D eigenvalue weighted by Crippen LogP contribution is -2.45. The second-order valence-corrected chi connectivity index (χ2v) is 8.23. The largest absolute Gasteiger partial charge is 0.357 e. The molecule has 2 fully saturated rings. The van der Waals surface area contributed by atoms with Crippen molar-refractivity contribution in [3.63, 3.8) is 0 Å². The maximum atomic E-state index is 12.5. The minimum Gasteiger partial charge on any atom is -0.357 e. The lowest BCUT2D eigenvalue weighted by atomic mass is 10.1. The van der Waals surface area contributed by atoms with E-state index < -0.39 is 0 Å². The molecule has 2 aliphatic rings. The molecular formula is C21H30N6O2. The van der Waals surface area contributed by atoms with Crippen LogP contribution in [0, 0.1) is 5.92 Å². The third-order valence-corrected chi connectivity index (χ3v) is 5.99. The number of carbonyl (C=O) groups is 2. The maximum Gasteiger partial charge on any atom is 0.267 e. The molecular weight excluding hydrogens is 368 g/mol. The zero-order valence-corrected chi connectivity index (χ0v) is 16.7. The molecule has 2 atom stereocenters. The highest BCUT2D eigenvalue weighted by molar-refractivity contribution is 5.92. The Kier molecular flexibility index (Phi) is 6.29. The number of hydrogen-bond acceptors (Lipinski definition) is 4. The molecule has 3 heterocycles. The Morgan fingerprint density at radius 2 is 2.03 bits per heavy atom. The van der Waals surface area contributed by atoms with Gasteiger partial charge in [-0.3, -0.25) is 19.6 Å². The molecule has 4 N–H and O–H groups in total. The van der Waals surface area contributed by atoms with E-state index in [4.69, 9.17) is 0 Å². The predicted octanol–water partition coefficient (Wildman–Crippen LogP) is 1.46. The van der Waals surface area contributed by atoms with E-state index in [1.807, 2.05) is 12.3 Å². The summed E-state index contributed by atoms with van der Waals surface area (Å²) in [5.74, 6) is 0.790. The van der Waals surface area contributed by atoms with Crippen LogP contribution in [0.1, 0.15) is 48.2 Å². The Hall–Kier alpha value is -2.61. The number of amides is 2. The van der Waals surface area contributed by atoms with Crippen LogP contribution in [0.4, 0.5) is 0 Å². The van der Waals surface area contributed by atoms with Crippen molar-refractivity contribution in [1.82, 2.24) is 30.7 Å². The fraction of sp³-hybridized carbons (Fsp3) is 0.571. The highest BCUT2D eigenvalue weighted by atomic mass is 16.2. The minimum absolute atomic E-state index is 0.0678. The highest BCUT2D eigenvalue weighted by Gasteiger charge is 2.38. The quantitative estimate of drug-likeness (QED) is 0.486. The van der Waals surface area contributed by atoms with Crippen molar-refractivity contribution in [2.45, 2.75) is 50.6 Å². The molecule has 1 saturated carbocycles. The first-order valence-corrected chi connectivity index (χ1v) is 10.6. The number of nitrogens with zero attached hydrogens (tertiary/aromatic N) is 2. The Balaban J connectivity index is 1.26. The molecule has 0 bridgehead atoms. The molecule has 4 rings (SSSR count). The number of aromatic amines is 2. The van der Waals surface area contributed by atoms with Gasteiger partial charge in [0.2, 0.25) is 5.91 Å². The number of likely N-dealkylation sites (tertiary alicyclic amines) is 1. The number of nitrogens with one attached hydrogen (secondary N) is 4. The van der Waals surface area contributed by atoms with E-state index >= 15 is 0 Å². The van der Waals surface area contributed by atoms with Crippen molar-refractivity contribution in [3.8, 4) is 0 Å². The second kappa shape index (κ2) is 9.26. The number of aromatic nitrogens is 3. The molecule has 8 nitrogen and oxygen atoms in total. The van der Waals surface area contributed by atoms with Gasteiger partial charge in [-0.25, -0.2) is 0 Å². The van der Waals surface area contributed by atoms with Gasteiger partial charge in [-0.05, 0) is 55.7 Å². The molecule has 0 radical (unpaired) electrons. The Labute approximate surface area is 170 Å². The van der Waals surface area contributed by atoms with Crippen LogP contribution < -0.4 is 10.6 Å². The molecule has 2 aromatic heterocycles. The number of H-pyrrole nitrogens is 2. The zero-order valence-electron chi connectivity index (χ0n) is 16.7. The van der Waals surface area contributed by atoms with Crippen LogP contribution in [0.2, 0.25) is 0 Å². The van der Waals surface area contributed by atoms with Crippen LogP contribution >= 0.6 is 0 Å². The van der Waals surface area contributed by atoms with Gasteiger partial charge >= 0.3 is 0 Å². The van der Waals surface area contributed by atoms with Crippen LogP contribution in [-0.4, -0.2) is 63.6 Å². The number of rotatable bonds is 10. The molecule has 2 aromatic rings. The van der Waals surface area contributed by atoms with E-state index in [-0.39, 0.29) is 17.9 Å². The Morgan fingerprint density at radius 1 is 1.17 bits per heavy atom. The lowest BCUT2D eigenvalue weighted by molar-refractivity contribution is -0.122. The molecule has 0 spiro atoms. The molecule has 1 saturated heterocycles. The van der Waals surface area contributed by atoms with Crippen molar-refractivity contribution in [2.24, 2.45) is 5.92 Å². The van der Waals surface area contributed by atoms with Gasteiger partial charge in [-0.15, -0.1) is 0 Å². The van der Waals surface area contributed by atoms with Gasteiger partial charge in [-0.1, -0.05) is 0 Å². The smallest absolute Gasteiger partial charge is 0.267 e. The molecule has 156 valence electrons. The molecule has 2 amide bonds. The Morgan fingerprint density at radius 3 is 2.76 bits per heavy atom. The topological polar surface area (TPSA) is 106 Å². The van der Waals surface area contributed by atoms with Crippen LogP contribution in [0.3, 0.4) is 0 Å². The van der Waals surface area contributed by atoms with Crippen LogP contribution in [0.15, 0.2) is 30.7 Å². The third kappa shape index (κ3) is 5.47. The molecule has 0 unspecified atom stereocenters. The van der Waals surface area contributed by atoms with Gasteiger partial charge in [-0.2, -0.15) is 5.10 Å². The second-order valence-electron chi connectivity index (χ2n) is 8.23. The SMILES string of the molecule is O=C(C[C@H]1CC[C@@H](CNC(=O)c2ccc[nH]2)N1CC1CC1)NCCc1cn[nH]c1. The summed E-state index contributed by atoms with van der Waals surface area (Å²) in [5.41, 5.74) is 1.68. The molecule has 0 aromatic carbocycles. The van der Waals surface area contributed by atoms with Crippen molar-refractivity contribution >= 4 is 11.8 Å². The number of hydrogen-bond donors (Lipinski definition) is 4. The van der Waals surface area contributed by atoms with Crippen molar-refractivity contribution in [1.29, 1.82) is 0 Å². The molecule has 1 aliphatic carbocycles. The van der Waals surface area contributed by atoms with Crippen LogP contribution in [-0.2, 0) is 11.2 Å². The van der Waals surface area contributed by atoms with E-state index in [1.165, 1.54) is 12.8 Å². The lowest BCUT2D eigenvalue weighted by Gasteiger charge is -2.30. The maximum absolute atomic E-state index is 12.5. The van der Waals surface area contributed by atoms with Gasteiger partial charge < -0.3 is 15.6 Å². The van der Waals surface area contributed by atoms with E-state index in [9.17, 15) is 9.59 Å². The first-order valence-electron chi connectivity index (χ1n) is 10.6. The van der Waals surface area contributed by atoms with Gasteiger partial charge in [0, 0.05) is 50.5 Å². The van der Waals surface area contributed by atoms with Crippen LogP contribution in [0.25, 0.3) is 0 Å². The summed E-state index contributed by atoms with van der Waals surface area (Å²) in [6.07, 6.45) is 11.3. The van der Waals surface area contributed by atoms with Crippen molar-refractivity contribution < 1.29 is 9.59 Å². The average Bonchev–Trinajstić information content (AvgIpc) is 3.11. The predicted molar refractivity (Wildman–Crippen MR) is 109 cm³/mol. The summed E-state index contributed by atoms with van der Waals surface area (Å²) < 4.78 is 0. The summed E-state index contributed by atoms with van der Waals surface area (Å²) >= 11 is 0. The van der Waals surface area contributed by atoms with E-state index in [0.717, 1.165) is 37.3 Å². The third-order valence-electron chi connectivity index (χ3n) is 5.99. The highest BCUT2D eigenvalue weighted by Crippen LogP contribution is 2.35. The summed E-state index contributed by atoms with van der Waals surface area (Å²) in [5, 5.41) is 12.8. The summed E-state index contributed by atoms with van der Waals surface area (Å²) in [6, 6.07) is 4.17. The van der Waals surface area contributed by atoms with E-state index in [1.54, 1.807) is 18.5 Å². The first kappa shape index (κ1) is 19.7. The van der Waals surface area contributed by atoms with Gasteiger partial charge in [0.25, 0.3) is 5.91 Å².